The standard InChI is InChI=1S/C24H28F3N3O8S/c1-15(31)29-18(14-16-8-10-17(11-9-16)30-39(35,36)24(25,26)27)22(33)28-12-3-4-13-38-20-7-5-6-19(32)21(20)23(34)37-2/h5-11,18,30,32H,3-4,12-14H2,1-2H3,(H,28,33)(H,29,31)/t18-/m0/s1. The second-order valence-corrected chi connectivity index (χ2v) is 9.87. The van der Waals surface area contributed by atoms with E-state index in [-0.39, 0.29) is 42.3 Å². The number of carbonyl (C=O) groups excluding carboxylic acids is 3. The highest BCUT2D eigenvalue weighted by molar-refractivity contribution is 7.93. The van der Waals surface area contributed by atoms with Crippen molar-refractivity contribution in [3.63, 3.8) is 0 Å². The molecule has 39 heavy (non-hydrogen) atoms. The summed E-state index contributed by atoms with van der Waals surface area (Å²) in [6.07, 6.45) is 0.935. The zero-order chi connectivity index (χ0) is 29.2. The summed E-state index contributed by atoms with van der Waals surface area (Å²) in [6, 6.07) is 8.22. The number of anilines is 1. The van der Waals surface area contributed by atoms with Crippen LogP contribution in [-0.4, -0.2) is 63.1 Å². The first-order valence-corrected chi connectivity index (χ1v) is 13.0. The molecular formula is C24H28F3N3O8S. The average molecular weight is 576 g/mol. The minimum Gasteiger partial charge on any atom is -0.507 e. The quantitative estimate of drug-likeness (QED) is 0.209. The van der Waals surface area contributed by atoms with Crippen molar-refractivity contribution in [1.82, 2.24) is 10.6 Å². The number of phenolic OH excluding ortho intramolecular Hbond substituents is 1. The van der Waals surface area contributed by atoms with Crippen molar-refractivity contribution < 1.29 is 50.6 Å². The number of phenols is 1. The molecule has 2 amide bonds. The van der Waals surface area contributed by atoms with Gasteiger partial charge in [-0.05, 0) is 42.7 Å². The van der Waals surface area contributed by atoms with Crippen LogP contribution in [0.15, 0.2) is 42.5 Å². The highest BCUT2D eigenvalue weighted by atomic mass is 32.2. The zero-order valence-electron chi connectivity index (χ0n) is 21.0. The minimum atomic E-state index is -5.57. The number of amides is 2. The zero-order valence-corrected chi connectivity index (χ0v) is 21.8. The molecule has 0 aliphatic carbocycles. The summed E-state index contributed by atoms with van der Waals surface area (Å²) in [7, 11) is -4.40. The van der Waals surface area contributed by atoms with Crippen LogP contribution in [0.5, 0.6) is 11.5 Å². The second kappa shape index (κ2) is 13.7. The van der Waals surface area contributed by atoms with Crippen LogP contribution in [-0.2, 0) is 30.8 Å². The molecule has 0 aromatic heterocycles. The Bertz CT molecular complexity index is 1270. The first-order chi connectivity index (χ1) is 18.2. The first kappa shape index (κ1) is 31.2. The minimum absolute atomic E-state index is 0.00533. The summed E-state index contributed by atoms with van der Waals surface area (Å²) in [6.45, 7) is 1.61. The molecule has 0 unspecified atom stereocenters. The summed E-state index contributed by atoms with van der Waals surface area (Å²) >= 11 is 0. The van der Waals surface area contributed by atoms with Gasteiger partial charge in [0.2, 0.25) is 11.8 Å². The van der Waals surface area contributed by atoms with Gasteiger partial charge in [0.1, 0.15) is 23.1 Å². The van der Waals surface area contributed by atoms with E-state index in [1.54, 1.807) is 0 Å². The predicted octanol–water partition coefficient (Wildman–Crippen LogP) is 2.46. The Hall–Kier alpha value is -4.01. The third kappa shape index (κ3) is 9.35. The Morgan fingerprint density at radius 1 is 1.05 bits per heavy atom. The van der Waals surface area contributed by atoms with Crippen molar-refractivity contribution in [1.29, 1.82) is 0 Å². The van der Waals surface area contributed by atoms with E-state index in [1.807, 2.05) is 0 Å². The molecule has 0 saturated carbocycles. The maximum atomic E-state index is 12.6. The normalized spacial score (nSPS) is 12.2. The number of rotatable bonds is 13. The lowest BCUT2D eigenvalue weighted by Gasteiger charge is -2.18. The predicted molar refractivity (Wildman–Crippen MR) is 134 cm³/mol. The summed E-state index contributed by atoms with van der Waals surface area (Å²) in [5.74, 6) is -1.88. The topological polar surface area (TPSA) is 160 Å². The van der Waals surface area contributed by atoms with Crippen molar-refractivity contribution in [2.75, 3.05) is 25.0 Å². The fourth-order valence-corrected chi connectivity index (χ4v) is 3.87. The van der Waals surface area contributed by atoms with E-state index in [9.17, 15) is 41.1 Å². The number of hydrogen-bond acceptors (Lipinski definition) is 8. The van der Waals surface area contributed by atoms with Crippen LogP contribution in [0.2, 0.25) is 0 Å². The Balaban J connectivity index is 1.88. The molecule has 1 atom stereocenters. The lowest BCUT2D eigenvalue weighted by atomic mass is 10.0. The Morgan fingerprint density at radius 2 is 1.72 bits per heavy atom. The highest BCUT2D eigenvalue weighted by Gasteiger charge is 2.46. The molecule has 11 nitrogen and oxygen atoms in total. The number of halogens is 3. The molecule has 214 valence electrons. The molecule has 0 aliphatic rings. The van der Waals surface area contributed by atoms with Crippen LogP contribution in [0, 0.1) is 0 Å². The summed E-state index contributed by atoms with van der Waals surface area (Å²) < 4.78 is 71.7. The molecular weight excluding hydrogens is 547 g/mol. The van der Waals surface area contributed by atoms with Gasteiger partial charge in [-0.25, -0.2) is 4.79 Å². The van der Waals surface area contributed by atoms with Crippen molar-refractivity contribution in [3.8, 4) is 11.5 Å². The molecule has 0 saturated heterocycles. The van der Waals surface area contributed by atoms with E-state index in [4.69, 9.17) is 4.74 Å². The van der Waals surface area contributed by atoms with Gasteiger partial charge >= 0.3 is 21.5 Å². The number of hydrogen-bond donors (Lipinski definition) is 4. The number of ether oxygens (including phenoxy) is 2. The molecule has 2 aromatic carbocycles. The first-order valence-electron chi connectivity index (χ1n) is 11.5. The van der Waals surface area contributed by atoms with Crippen molar-refractivity contribution in [2.45, 2.75) is 37.7 Å². The van der Waals surface area contributed by atoms with Crippen molar-refractivity contribution >= 4 is 33.5 Å². The van der Waals surface area contributed by atoms with Gasteiger partial charge in [0.25, 0.3) is 0 Å². The number of methoxy groups -OCH3 is 1. The number of carbonyl (C=O) groups is 3. The second-order valence-electron chi connectivity index (χ2n) is 8.19. The van der Waals surface area contributed by atoms with Gasteiger partial charge in [-0.15, -0.1) is 0 Å². The molecule has 0 aliphatic heterocycles. The molecule has 0 bridgehead atoms. The van der Waals surface area contributed by atoms with E-state index in [2.05, 4.69) is 15.4 Å². The van der Waals surface area contributed by atoms with E-state index < -0.39 is 39.4 Å². The summed E-state index contributed by atoms with van der Waals surface area (Å²) in [4.78, 5) is 36.1. The number of benzene rings is 2. The largest absolute Gasteiger partial charge is 0.516 e. The molecule has 0 spiro atoms. The Labute approximate surface area is 222 Å². The van der Waals surface area contributed by atoms with E-state index in [1.165, 1.54) is 49.1 Å². The summed E-state index contributed by atoms with van der Waals surface area (Å²) in [5.41, 5.74) is -5.43. The van der Waals surface area contributed by atoms with Gasteiger partial charge in [-0.2, -0.15) is 21.6 Å². The lowest BCUT2D eigenvalue weighted by molar-refractivity contribution is -0.128. The fraction of sp³-hybridized carbons (Fsp3) is 0.375. The van der Waals surface area contributed by atoms with Crippen LogP contribution >= 0.6 is 0 Å². The Morgan fingerprint density at radius 3 is 2.31 bits per heavy atom. The molecule has 2 rings (SSSR count). The van der Waals surface area contributed by atoms with Gasteiger partial charge < -0.3 is 25.2 Å². The molecule has 15 heteroatoms. The van der Waals surface area contributed by atoms with E-state index in [0.717, 1.165) is 12.1 Å². The van der Waals surface area contributed by atoms with Gasteiger partial charge in [0, 0.05) is 25.6 Å². The van der Waals surface area contributed by atoms with E-state index >= 15 is 0 Å². The number of aromatic hydroxyl groups is 1. The van der Waals surface area contributed by atoms with Gasteiger partial charge in [0.15, 0.2) is 0 Å². The smallest absolute Gasteiger partial charge is 0.507 e. The molecule has 0 radical (unpaired) electrons. The van der Waals surface area contributed by atoms with Crippen LogP contribution in [0.1, 0.15) is 35.7 Å². The highest BCUT2D eigenvalue weighted by Crippen LogP contribution is 2.28. The van der Waals surface area contributed by atoms with Gasteiger partial charge in [-0.1, -0.05) is 18.2 Å². The Kier molecular flexibility index (Phi) is 11.0. The third-order valence-corrected chi connectivity index (χ3v) is 6.28. The van der Waals surface area contributed by atoms with Crippen molar-refractivity contribution in [3.05, 3.63) is 53.6 Å². The fourth-order valence-electron chi connectivity index (χ4n) is 3.30. The van der Waals surface area contributed by atoms with Gasteiger partial charge in [0.05, 0.1) is 13.7 Å². The SMILES string of the molecule is COC(=O)c1c(O)cccc1OCCCCNC(=O)[C@H](Cc1ccc(NS(=O)(=O)C(F)(F)F)cc1)NC(C)=O. The number of sulfonamides is 1. The monoisotopic (exact) mass is 575 g/mol. The number of alkyl halides is 3. The molecule has 4 N–H and O–H groups in total. The number of unbranched alkanes of at least 4 members (excludes halogenated alkanes) is 1. The maximum absolute atomic E-state index is 12.6. The van der Waals surface area contributed by atoms with Crippen LogP contribution in [0.3, 0.4) is 0 Å². The van der Waals surface area contributed by atoms with Crippen LogP contribution in [0.25, 0.3) is 0 Å². The number of esters is 1. The number of nitrogens with one attached hydrogen (secondary N) is 3. The average Bonchev–Trinajstić information content (AvgIpc) is 2.85. The van der Waals surface area contributed by atoms with Crippen LogP contribution in [0.4, 0.5) is 18.9 Å². The maximum Gasteiger partial charge on any atom is 0.516 e. The van der Waals surface area contributed by atoms with Gasteiger partial charge in [-0.3, -0.25) is 14.3 Å². The third-order valence-electron chi connectivity index (χ3n) is 5.17. The van der Waals surface area contributed by atoms with Crippen LogP contribution < -0.4 is 20.1 Å². The van der Waals surface area contributed by atoms with Crippen molar-refractivity contribution in [2.24, 2.45) is 0 Å². The summed E-state index contributed by atoms with van der Waals surface area (Å²) in [5, 5.41) is 15.0. The van der Waals surface area contributed by atoms with E-state index in [0.29, 0.717) is 18.4 Å². The lowest BCUT2D eigenvalue weighted by Crippen LogP contribution is -2.47. The molecule has 0 fully saturated rings. The molecule has 0 heterocycles. The molecule has 2 aromatic rings.